The Morgan fingerprint density at radius 3 is 2.67 bits per heavy atom. The summed E-state index contributed by atoms with van der Waals surface area (Å²) in [4.78, 5) is 49.2. The first-order valence-corrected chi connectivity index (χ1v) is 11.6. The maximum absolute atomic E-state index is 13.2. The van der Waals surface area contributed by atoms with Gasteiger partial charge in [0.15, 0.2) is 0 Å². The second-order valence-electron chi connectivity index (χ2n) is 8.41. The van der Waals surface area contributed by atoms with Crippen LogP contribution in [0.3, 0.4) is 0 Å². The number of fused-ring (bicyclic) bond motifs is 2. The van der Waals surface area contributed by atoms with E-state index in [2.05, 4.69) is 9.97 Å². The summed E-state index contributed by atoms with van der Waals surface area (Å²) in [6.45, 7) is 1.17. The van der Waals surface area contributed by atoms with Gasteiger partial charge >= 0.3 is 5.97 Å². The van der Waals surface area contributed by atoms with E-state index >= 15 is 0 Å². The van der Waals surface area contributed by atoms with Gasteiger partial charge in [-0.25, -0.2) is 9.78 Å². The Bertz CT molecular complexity index is 1480. The summed E-state index contributed by atoms with van der Waals surface area (Å²) in [5.74, 6) is -0.543. The largest absolute Gasteiger partial charge is 0.486 e. The molecule has 3 aromatic heterocycles. The minimum absolute atomic E-state index is 0.0924. The van der Waals surface area contributed by atoms with Crippen LogP contribution in [-0.4, -0.2) is 56.1 Å². The standard InChI is InChI=1S/C26H25N5O5/c1-35-26(34)25-21-9-11-29(24(33)15-30-17-28-19-7-2-3-8-20(19)30)12-13-31(21)23(32)14-22(25)36-16-18-6-4-5-10-27-18/h2-8,10,14,17H,9,11-13,15-16H2,1H3. The maximum atomic E-state index is 13.2. The number of aromatic nitrogens is 4. The Balaban J connectivity index is 1.39. The highest BCUT2D eigenvalue weighted by Gasteiger charge is 2.27. The summed E-state index contributed by atoms with van der Waals surface area (Å²) in [5.41, 5.74) is 2.75. The molecule has 0 N–H and O–H groups in total. The number of esters is 1. The molecule has 0 bridgehead atoms. The van der Waals surface area contributed by atoms with Crippen LogP contribution in [0.15, 0.2) is 65.8 Å². The molecule has 0 saturated heterocycles. The number of hydrogen-bond acceptors (Lipinski definition) is 7. The molecule has 1 aliphatic rings. The summed E-state index contributed by atoms with van der Waals surface area (Å²) in [6.07, 6.45) is 3.60. The van der Waals surface area contributed by atoms with E-state index in [1.165, 1.54) is 17.7 Å². The lowest BCUT2D eigenvalue weighted by atomic mass is 10.1. The zero-order chi connectivity index (χ0) is 25.1. The SMILES string of the molecule is COC(=O)c1c(OCc2ccccn2)cc(=O)n2c1CCN(C(=O)Cn1cnc3ccccc31)CC2. The first kappa shape index (κ1) is 23.3. The van der Waals surface area contributed by atoms with Gasteiger partial charge in [0.25, 0.3) is 5.56 Å². The molecule has 0 fully saturated rings. The molecule has 0 saturated carbocycles. The van der Waals surface area contributed by atoms with E-state index in [0.29, 0.717) is 30.9 Å². The number of hydrogen-bond donors (Lipinski definition) is 0. The molecule has 1 amide bonds. The van der Waals surface area contributed by atoms with Crippen LogP contribution in [0.25, 0.3) is 11.0 Å². The summed E-state index contributed by atoms with van der Waals surface area (Å²) < 4.78 is 14.2. The highest BCUT2D eigenvalue weighted by molar-refractivity contribution is 5.93. The number of para-hydroxylation sites is 2. The first-order valence-electron chi connectivity index (χ1n) is 11.6. The minimum Gasteiger partial charge on any atom is -0.486 e. The number of ether oxygens (including phenoxy) is 2. The Morgan fingerprint density at radius 2 is 1.86 bits per heavy atom. The number of carbonyl (C=O) groups is 2. The van der Waals surface area contributed by atoms with Crippen LogP contribution >= 0.6 is 0 Å². The summed E-state index contributed by atoms with van der Waals surface area (Å²) in [5, 5.41) is 0. The maximum Gasteiger partial charge on any atom is 0.343 e. The van der Waals surface area contributed by atoms with Gasteiger partial charge < -0.3 is 23.5 Å². The molecule has 10 nitrogen and oxygen atoms in total. The zero-order valence-electron chi connectivity index (χ0n) is 19.8. The van der Waals surface area contributed by atoms with Crippen LogP contribution in [0.4, 0.5) is 0 Å². The van der Waals surface area contributed by atoms with Crippen LogP contribution in [0, 0.1) is 0 Å². The molecule has 4 heterocycles. The summed E-state index contributed by atoms with van der Waals surface area (Å²) >= 11 is 0. The number of carbonyl (C=O) groups excluding carboxylic acids is 2. The fourth-order valence-electron chi connectivity index (χ4n) is 4.45. The molecule has 1 aliphatic heterocycles. The van der Waals surface area contributed by atoms with Crippen molar-refractivity contribution in [3.8, 4) is 5.75 Å². The number of pyridine rings is 2. The minimum atomic E-state index is -0.598. The number of nitrogens with zero attached hydrogens (tertiary/aromatic N) is 5. The molecule has 36 heavy (non-hydrogen) atoms. The second kappa shape index (κ2) is 10.0. The van der Waals surface area contributed by atoms with Crippen LogP contribution in [0.5, 0.6) is 5.75 Å². The molecular formula is C26H25N5O5. The summed E-state index contributed by atoms with van der Waals surface area (Å²) in [7, 11) is 1.29. The molecule has 1 aromatic carbocycles. The molecule has 5 rings (SSSR count). The van der Waals surface area contributed by atoms with Gasteiger partial charge in [-0.15, -0.1) is 0 Å². The molecule has 0 spiro atoms. The van der Waals surface area contributed by atoms with Gasteiger partial charge in [-0.1, -0.05) is 18.2 Å². The van der Waals surface area contributed by atoms with Crippen LogP contribution in [0.2, 0.25) is 0 Å². The Hall–Kier alpha value is -4.47. The van der Waals surface area contributed by atoms with Crippen molar-refractivity contribution in [2.24, 2.45) is 0 Å². The molecule has 0 radical (unpaired) electrons. The monoisotopic (exact) mass is 487 g/mol. The van der Waals surface area contributed by atoms with Crippen molar-refractivity contribution in [3.05, 3.63) is 88.4 Å². The quantitative estimate of drug-likeness (QED) is 0.383. The Kier molecular flexibility index (Phi) is 6.48. The van der Waals surface area contributed by atoms with Gasteiger partial charge in [0.2, 0.25) is 5.91 Å². The van der Waals surface area contributed by atoms with E-state index in [0.717, 1.165) is 11.0 Å². The van der Waals surface area contributed by atoms with E-state index in [-0.39, 0.29) is 42.5 Å². The van der Waals surface area contributed by atoms with Crippen molar-refractivity contribution in [1.82, 2.24) is 24.0 Å². The topological polar surface area (TPSA) is 109 Å². The zero-order valence-corrected chi connectivity index (χ0v) is 19.8. The molecule has 0 aliphatic carbocycles. The lowest BCUT2D eigenvalue weighted by Crippen LogP contribution is -2.36. The van der Waals surface area contributed by atoms with E-state index in [9.17, 15) is 14.4 Å². The van der Waals surface area contributed by atoms with Gasteiger partial charge in [0, 0.05) is 44.0 Å². The molecular weight excluding hydrogens is 462 g/mol. The van der Waals surface area contributed by atoms with Gasteiger partial charge in [0.05, 0.1) is 30.2 Å². The molecule has 4 aromatic rings. The van der Waals surface area contributed by atoms with Gasteiger partial charge in [-0.05, 0) is 24.3 Å². The number of methoxy groups -OCH3 is 1. The normalized spacial score (nSPS) is 13.2. The van der Waals surface area contributed by atoms with Gasteiger partial charge in [-0.3, -0.25) is 14.6 Å². The van der Waals surface area contributed by atoms with E-state index in [4.69, 9.17) is 9.47 Å². The number of rotatable bonds is 6. The number of benzene rings is 1. The molecule has 0 atom stereocenters. The van der Waals surface area contributed by atoms with E-state index < -0.39 is 5.97 Å². The van der Waals surface area contributed by atoms with Crippen molar-refractivity contribution in [2.45, 2.75) is 26.1 Å². The average Bonchev–Trinajstić information content (AvgIpc) is 3.16. The Labute approximate surface area is 206 Å². The van der Waals surface area contributed by atoms with Crippen molar-refractivity contribution in [2.75, 3.05) is 20.2 Å². The summed E-state index contributed by atoms with van der Waals surface area (Å²) in [6, 6.07) is 14.3. The lowest BCUT2D eigenvalue weighted by molar-refractivity contribution is -0.131. The highest BCUT2D eigenvalue weighted by Crippen LogP contribution is 2.25. The van der Waals surface area contributed by atoms with Crippen molar-refractivity contribution in [3.63, 3.8) is 0 Å². The van der Waals surface area contributed by atoms with Gasteiger partial charge in [-0.2, -0.15) is 0 Å². The predicted octanol–water partition coefficient (Wildman–Crippen LogP) is 2.04. The van der Waals surface area contributed by atoms with Crippen LogP contribution in [-0.2, 0) is 35.6 Å². The third kappa shape index (κ3) is 4.57. The second-order valence-corrected chi connectivity index (χ2v) is 8.41. The molecule has 184 valence electrons. The predicted molar refractivity (Wildman–Crippen MR) is 131 cm³/mol. The van der Waals surface area contributed by atoms with Crippen molar-refractivity contribution >= 4 is 22.9 Å². The van der Waals surface area contributed by atoms with E-state index in [1.807, 2.05) is 34.9 Å². The highest BCUT2D eigenvalue weighted by atomic mass is 16.5. The molecule has 0 unspecified atom stereocenters. The third-order valence-corrected chi connectivity index (χ3v) is 6.27. The van der Waals surface area contributed by atoms with Crippen LogP contribution in [0.1, 0.15) is 21.7 Å². The van der Waals surface area contributed by atoms with Crippen molar-refractivity contribution < 1.29 is 19.1 Å². The third-order valence-electron chi connectivity index (χ3n) is 6.27. The average molecular weight is 488 g/mol. The smallest absolute Gasteiger partial charge is 0.343 e. The van der Waals surface area contributed by atoms with Crippen LogP contribution < -0.4 is 10.3 Å². The fraction of sp³-hybridized carbons (Fsp3) is 0.269. The number of imidazole rings is 1. The lowest BCUT2D eigenvalue weighted by Gasteiger charge is -2.20. The fourth-order valence-corrected chi connectivity index (χ4v) is 4.45. The van der Waals surface area contributed by atoms with E-state index in [1.54, 1.807) is 29.6 Å². The Morgan fingerprint density at radius 1 is 1.03 bits per heavy atom. The number of amides is 1. The van der Waals surface area contributed by atoms with Gasteiger partial charge in [0.1, 0.15) is 24.5 Å². The molecule has 10 heteroatoms. The van der Waals surface area contributed by atoms with Crippen molar-refractivity contribution in [1.29, 1.82) is 0 Å². The first-order chi connectivity index (χ1) is 17.5.